The van der Waals surface area contributed by atoms with Gasteiger partial charge in [-0.1, -0.05) is 6.92 Å². The van der Waals surface area contributed by atoms with Gasteiger partial charge >= 0.3 is 0 Å². The third-order valence-corrected chi connectivity index (χ3v) is 2.01. The van der Waals surface area contributed by atoms with Gasteiger partial charge in [-0.15, -0.1) is 0 Å². The normalized spacial score (nSPS) is 13.0. The topological polar surface area (TPSA) is 46.6 Å². The lowest BCUT2D eigenvalue weighted by Crippen LogP contribution is -2.44. The molecule has 0 N–H and O–H groups in total. The lowest BCUT2D eigenvalue weighted by Gasteiger charge is -2.25. The van der Waals surface area contributed by atoms with Gasteiger partial charge in [0.05, 0.1) is 6.10 Å². The number of carbonyl (C=O) groups is 2. The molecule has 0 aliphatic rings. The van der Waals surface area contributed by atoms with E-state index in [0.29, 0.717) is 12.8 Å². The Morgan fingerprint density at radius 2 is 1.87 bits per heavy atom. The van der Waals surface area contributed by atoms with Crippen molar-refractivity contribution in [3.63, 3.8) is 0 Å². The summed E-state index contributed by atoms with van der Waals surface area (Å²) in [4.78, 5) is 23.8. The first-order chi connectivity index (χ1) is 6.93. The molecular formula is C11H21NO3. The predicted octanol–water partition coefficient (Wildman–Crippen LogP) is 1.58. The van der Waals surface area contributed by atoms with Crippen LogP contribution in [0.3, 0.4) is 0 Å². The molecule has 88 valence electrons. The quantitative estimate of drug-likeness (QED) is 0.632. The Kier molecular flexibility index (Phi) is 6.17. The summed E-state index contributed by atoms with van der Waals surface area (Å²) in [7, 11) is 0. The molecular weight excluding hydrogens is 194 g/mol. The van der Waals surface area contributed by atoms with Gasteiger partial charge in [0.25, 0.3) is 5.91 Å². The molecule has 1 unspecified atom stereocenters. The molecule has 4 nitrogen and oxygen atoms in total. The molecule has 0 aromatic rings. The number of ether oxygens (including phenoxy) is 1. The highest BCUT2D eigenvalue weighted by Crippen LogP contribution is 2.08. The summed E-state index contributed by atoms with van der Waals surface area (Å²) < 4.78 is 5.44. The van der Waals surface area contributed by atoms with Crippen LogP contribution in [0.25, 0.3) is 0 Å². The van der Waals surface area contributed by atoms with Gasteiger partial charge in [-0.2, -0.15) is 0 Å². The Morgan fingerprint density at radius 3 is 2.13 bits per heavy atom. The fourth-order valence-electron chi connectivity index (χ4n) is 1.25. The lowest BCUT2D eigenvalue weighted by molar-refractivity contribution is -0.152. The highest BCUT2D eigenvalue weighted by Gasteiger charge is 2.25. The van der Waals surface area contributed by atoms with Crippen molar-refractivity contribution < 1.29 is 14.3 Å². The number of amides is 2. The van der Waals surface area contributed by atoms with Crippen LogP contribution in [0.1, 0.15) is 41.0 Å². The van der Waals surface area contributed by atoms with Crippen molar-refractivity contribution in [1.29, 1.82) is 0 Å². The molecule has 15 heavy (non-hydrogen) atoms. The summed E-state index contributed by atoms with van der Waals surface area (Å²) in [6.45, 7) is 9.21. The van der Waals surface area contributed by atoms with Crippen LogP contribution in [0, 0.1) is 0 Å². The van der Waals surface area contributed by atoms with Crippen LogP contribution in [0.4, 0.5) is 0 Å². The second kappa shape index (κ2) is 6.56. The predicted molar refractivity (Wildman–Crippen MR) is 58.3 cm³/mol. The van der Waals surface area contributed by atoms with Gasteiger partial charge in [-0.25, -0.2) is 0 Å². The summed E-state index contributed by atoms with van der Waals surface area (Å²) in [6.07, 6.45) is 0.616. The van der Waals surface area contributed by atoms with Gasteiger partial charge in [0.1, 0.15) is 6.10 Å². The van der Waals surface area contributed by atoms with E-state index in [1.54, 1.807) is 13.8 Å². The zero-order chi connectivity index (χ0) is 12.0. The van der Waals surface area contributed by atoms with Crippen molar-refractivity contribution in [2.24, 2.45) is 0 Å². The molecule has 0 heterocycles. The third kappa shape index (κ3) is 4.42. The summed E-state index contributed by atoms with van der Waals surface area (Å²) in [5, 5.41) is 0. The summed E-state index contributed by atoms with van der Waals surface area (Å²) >= 11 is 0. The molecule has 0 fully saturated rings. The summed E-state index contributed by atoms with van der Waals surface area (Å²) in [5.74, 6) is -0.254. The molecule has 0 aromatic carbocycles. The Bertz CT molecular complexity index is 214. The minimum absolute atomic E-state index is 0.0143. The molecule has 0 spiro atoms. The molecule has 4 heteroatoms. The van der Waals surface area contributed by atoms with E-state index in [4.69, 9.17) is 4.74 Å². The van der Waals surface area contributed by atoms with Gasteiger partial charge < -0.3 is 4.74 Å². The smallest absolute Gasteiger partial charge is 0.258 e. The maximum absolute atomic E-state index is 11.9. The van der Waals surface area contributed by atoms with Crippen molar-refractivity contribution in [3.8, 4) is 0 Å². The molecule has 0 aromatic heterocycles. The van der Waals surface area contributed by atoms with Crippen LogP contribution in [-0.2, 0) is 14.3 Å². The van der Waals surface area contributed by atoms with E-state index in [9.17, 15) is 9.59 Å². The number of hydrogen-bond acceptors (Lipinski definition) is 3. The largest absolute Gasteiger partial charge is 0.366 e. The zero-order valence-corrected chi connectivity index (χ0v) is 10.2. The number of rotatable bonds is 6. The first-order valence-corrected chi connectivity index (χ1v) is 5.36. The number of carbonyl (C=O) groups excluding carboxylic acids is 2. The number of nitrogens with zero attached hydrogens (tertiary/aromatic N) is 1. The monoisotopic (exact) mass is 215 g/mol. The average Bonchev–Trinajstić information content (AvgIpc) is 2.14. The van der Waals surface area contributed by atoms with Gasteiger partial charge in [-0.3, -0.25) is 14.5 Å². The van der Waals surface area contributed by atoms with Crippen LogP contribution >= 0.6 is 0 Å². The maximum Gasteiger partial charge on any atom is 0.258 e. The van der Waals surface area contributed by atoms with E-state index in [1.807, 2.05) is 20.8 Å². The zero-order valence-electron chi connectivity index (χ0n) is 10.2. The number of imide groups is 1. The lowest BCUT2D eigenvalue weighted by atomic mass is 10.2. The Hall–Kier alpha value is -0.900. The third-order valence-electron chi connectivity index (χ3n) is 2.01. The van der Waals surface area contributed by atoms with Gasteiger partial charge in [0.2, 0.25) is 6.41 Å². The highest BCUT2D eigenvalue weighted by atomic mass is 16.5. The highest BCUT2D eigenvalue weighted by molar-refractivity contribution is 5.89. The van der Waals surface area contributed by atoms with Gasteiger partial charge in [0, 0.05) is 6.04 Å². The molecule has 0 aliphatic heterocycles. The van der Waals surface area contributed by atoms with Crippen molar-refractivity contribution >= 4 is 12.3 Å². The Labute approximate surface area is 91.6 Å². The average molecular weight is 215 g/mol. The Balaban J connectivity index is 4.54. The summed E-state index contributed by atoms with van der Waals surface area (Å²) in [6, 6.07) is -0.125. The van der Waals surface area contributed by atoms with Crippen LogP contribution in [0.15, 0.2) is 0 Å². The van der Waals surface area contributed by atoms with Crippen LogP contribution in [0.2, 0.25) is 0 Å². The molecule has 2 amide bonds. The van der Waals surface area contributed by atoms with Gasteiger partial charge in [0.15, 0.2) is 0 Å². The molecule has 0 saturated heterocycles. The molecule has 0 radical (unpaired) electrons. The first kappa shape index (κ1) is 14.1. The van der Waals surface area contributed by atoms with E-state index in [0.717, 1.165) is 0 Å². The van der Waals surface area contributed by atoms with Crippen LogP contribution < -0.4 is 0 Å². The Morgan fingerprint density at radius 1 is 1.33 bits per heavy atom. The molecule has 0 rings (SSSR count). The second-order valence-electron chi connectivity index (χ2n) is 4.03. The first-order valence-electron chi connectivity index (χ1n) is 5.36. The fourth-order valence-corrected chi connectivity index (χ4v) is 1.25. The minimum atomic E-state index is -0.516. The van der Waals surface area contributed by atoms with Crippen LogP contribution in [0.5, 0.6) is 0 Å². The SMILES string of the molecule is CCC(OC(C)C)C(=O)N(C=O)C(C)C. The van der Waals surface area contributed by atoms with E-state index in [-0.39, 0.29) is 18.1 Å². The molecule has 1 atom stereocenters. The molecule has 0 bridgehead atoms. The number of hydrogen-bond donors (Lipinski definition) is 0. The van der Waals surface area contributed by atoms with Crippen molar-refractivity contribution in [2.75, 3.05) is 0 Å². The van der Waals surface area contributed by atoms with Crippen molar-refractivity contribution in [2.45, 2.75) is 59.3 Å². The fraction of sp³-hybridized carbons (Fsp3) is 0.818. The summed E-state index contributed by atoms with van der Waals surface area (Å²) in [5.41, 5.74) is 0. The van der Waals surface area contributed by atoms with Crippen molar-refractivity contribution in [1.82, 2.24) is 4.90 Å². The van der Waals surface area contributed by atoms with E-state index >= 15 is 0 Å². The minimum Gasteiger partial charge on any atom is -0.366 e. The van der Waals surface area contributed by atoms with E-state index in [1.165, 1.54) is 4.90 Å². The van der Waals surface area contributed by atoms with E-state index < -0.39 is 6.10 Å². The maximum atomic E-state index is 11.9. The molecule has 0 saturated carbocycles. The second-order valence-corrected chi connectivity index (χ2v) is 4.03. The standard InChI is InChI=1S/C11H21NO3/c1-6-10(15-9(4)5)11(14)12(7-13)8(2)3/h7-10H,6H2,1-5H3. The molecule has 0 aliphatic carbocycles. The van der Waals surface area contributed by atoms with Gasteiger partial charge in [-0.05, 0) is 34.1 Å². The van der Waals surface area contributed by atoms with E-state index in [2.05, 4.69) is 0 Å². The van der Waals surface area contributed by atoms with Crippen LogP contribution in [-0.4, -0.2) is 35.5 Å². The van der Waals surface area contributed by atoms with Crippen molar-refractivity contribution in [3.05, 3.63) is 0 Å².